The molecule has 0 radical (unpaired) electrons. The quantitative estimate of drug-likeness (QED) is 0.394. The number of nitrogens with zero attached hydrogens (tertiary/aromatic N) is 5. The number of benzene rings is 1. The maximum absolute atomic E-state index is 16.5. The molecular formula is C30H33ClF2N6O2. The number of pyridine rings is 1. The molecule has 2 atom stereocenters. The number of ether oxygens (including phenoxy) is 1. The van der Waals surface area contributed by atoms with Crippen LogP contribution in [0, 0.1) is 5.82 Å². The minimum absolute atomic E-state index is 0.0397. The maximum atomic E-state index is 16.5. The number of aromatic hydroxyl groups is 1. The summed E-state index contributed by atoms with van der Waals surface area (Å²) in [5.41, 5.74) is 1.37. The lowest BCUT2D eigenvalue weighted by molar-refractivity contribution is 0.107. The topological polar surface area (TPSA) is 96.6 Å². The second kappa shape index (κ2) is 9.34. The van der Waals surface area contributed by atoms with Crippen LogP contribution in [-0.4, -0.2) is 81.5 Å². The zero-order chi connectivity index (χ0) is 27.9. The Bertz CT molecular complexity index is 1540. The monoisotopic (exact) mass is 582 g/mol. The summed E-state index contributed by atoms with van der Waals surface area (Å²) in [4.78, 5) is 18.3. The molecule has 0 unspecified atom stereocenters. The van der Waals surface area contributed by atoms with Crippen LogP contribution in [0.25, 0.3) is 22.2 Å². The zero-order valence-electron chi connectivity index (χ0n) is 22.8. The molecule has 2 aromatic heterocycles. The second-order valence-electron chi connectivity index (χ2n) is 12.7. The smallest absolute Gasteiger partial charge is 0.319 e. The molecule has 41 heavy (non-hydrogen) atoms. The molecule has 5 fully saturated rings. The van der Waals surface area contributed by atoms with Crippen LogP contribution in [0.2, 0.25) is 5.02 Å². The highest BCUT2D eigenvalue weighted by atomic mass is 35.5. The molecular weight excluding hydrogens is 550 g/mol. The van der Waals surface area contributed by atoms with Crippen molar-refractivity contribution in [2.75, 3.05) is 44.2 Å². The van der Waals surface area contributed by atoms with Crippen molar-refractivity contribution < 1.29 is 18.6 Å². The third-order valence-corrected chi connectivity index (χ3v) is 10.2. The molecule has 5 aliphatic rings. The van der Waals surface area contributed by atoms with Gasteiger partial charge in [0, 0.05) is 54.9 Å². The summed E-state index contributed by atoms with van der Waals surface area (Å²) in [6, 6.07) is 3.12. The second-order valence-corrected chi connectivity index (χ2v) is 13.1. The minimum Gasteiger partial charge on any atom is -0.508 e. The first-order valence-corrected chi connectivity index (χ1v) is 15.1. The van der Waals surface area contributed by atoms with Crippen molar-refractivity contribution in [2.45, 2.75) is 68.1 Å². The molecule has 6 heterocycles. The van der Waals surface area contributed by atoms with E-state index in [1.165, 1.54) is 12.1 Å². The van der Waals surface area contributed by atoms with Crippen molar-refractivity contribution in [3.8, 4) is 23.0 Å². The number of nitrogens with one attached hydrogen (secondary N) is 1. The number of fused-ring (bicyclic) bond motifs is 2. The van der Waals surface area contributed by atoms with Gasteiger partial charge in [0.15, 0.2) is 5.82 Å². The molecule has 2 N–H and O–H groups in total. The van der Waals surface area contributed by atoms with Gasteiger partial charge >= 0.3 is 6.01 Å². The fourth-order valence-electron chi connectivity index (χ4n) is 7.37. The number of piperidine rings is 1. The van der Waals surface area contributed by atoms with Crippen molar-refractivity contribution in [3.63, 3.8) is 0 Å². The summed E-state index contributed by atoms with van der Waals surface area (Å²) in [5.74, 6) is 0.181. The molecule has 8 rings (SSSR count). The summed E-state index contributed by atoms with van der Waals surface area (Å²) in [6.45, 7) is 4.13. The number of halogens is 3. The Hall–Kier alpha value is -2.82. The highest BCUT2D eigenvalue weighted by Gasteiger charge is 2.49. The normalized spacial score (nSPS) is 27.1. The Morgan fingerprint density at radius 2 is 1.95 bits per heavy atom. The molecule has 1 aliphatic carbocycles. The number of anilines is 1. The highest BCUT2D eigenvalue weighted by molar-refractivity contribution is 6.32. The molecule has 4 aliphatic heterocycles. The molecule has 4 saturated heterocycles. The Balaban J connectivity index is 1.21. The predicted molar refractivity (Wildman–Crippen MR) is 152 cm³/mol. The lowest BCUT2D eigenvalue weighted by Crippen LogP contribution is -2.43. The van der Waals surface area contributed by atoms with Crippen LogP contribution in [0.4, 0.5) is 14.6 Å². The first-order valence-electron chi connectivity index (χ1n) is 14.7. The Morgan fingerprint density at radius 1 is 1.15 bits per heavy atom. The lowest BCUT2D eigenvalue weighted by atomic mass is 9.95. The van der Waals surface area contributed by atoms with E-state index < -0.39 is 12.0 Å². The summed E-state index contributed by atoms with van der Waals surface area (Å²) >= 11 is 6.53. The largest absolute Gasteiger partial charge is 0.508 e. The van der Waals surface area contributed by atoms with Crippen LogP contribution < -0.4 is 15.0 Å². The van der Waals surface area contributed by atoms with E-state index in [2.05, 4.69) is 25.1 Å². The molecule has 0 amide bonds. The number of alkyl halides is 1. The molecule has 216 valence electrons. The first kappa shape index (κ1) is 25.9. The number of hydrogen-bond acceptors (Lipinski definition) is 8. The average Bonchev–Trinajstić information content (AvgIpc) is 3.86. The van der Waals surface area contributed by atoms with Crippen molar-refractivity contribution in [1.29, 1.82) is 0 Å². The van der Waals surface area contributed by atoms with E-state index in [1.54, 1.807) is 6.20 Å². The van der Waals surface area contributed by atoms with Crippen LogP contribution in [0.3, 0.4) is 0 Å². The summed E-state index contributed by atoms with van der Waals surface area (Å²) in [7, 11) is 0. The summed E-state index contributed by atoms with van der Waals surface area (Å²) in [5, 5.41) is 14.8. The lowest BCUT2D eigenvalue weighted by Gasteiger charge is -2.33. The molecule has 8 nitrogen and oxygen atoms in total. The van der Waals surface area contributed by atoms with Crippen LogP contribution in [0.1, 0.15) is 56.4 Å². The van der Waals surface area contributed by atoms with Gasteiger partial charge in [-0.25, -0.2) is 8.78 Å². The van der Waals surface area contributed by atoms with Gasteiger partial charge in [0.25, 0.3) is 0 Å². The fraction of sp³-hybridized carbons (Fsp3) is 0.567. The molecule has 3 aromatic rings. The van der Waals surface area contributed by atoms with Gasteiger partial charge in [-0.2, -0.15) is 9.97 Å². The Morgan fingerprint density at radius 3 is 2.71 bits per heavy atom. The SMILES string of the molecule is Oc1cc(Cl)c(C2CC2)c(-c2ncc3c(N4CCC5(CC4)CN5)nc(OC[C@@]45CCCN4C[C@H](F)C5)nc3c2F)c1. The summed E-state index contributed by atoms with van der Waals surface area (Å²) < 4.78 is 37.1. The number of rotatable bonds is 6. The van der Waals surface area contributed by atoms with Crippen molar-refractivity contribution in [1.82, 2.24) is 25.2 Å². The molecule has 1 aromatic carbocycles. The van der Waals surface area contributed by atoms with Gasteiger partial charge in [0.2, 0.25) is 0 Å². The molecule has 1 saturated carbocycles. The van der Waals surface area contributed by atoms with Crippen molar-refractivity contribution in [2.24, 2.45) is 0 Å². The highest BCUT2D eigenvalue weighted by Crippen LogP contribution is 2.49. The van der Waals surface area contributed by atoms with E-state index in [1.807, 2.05) is 0 Å². The van der Waals surface area contributed by atoms with Gasteiger partial charge < -0.3 is 20.1 Å². The maximum Gasteiger partial charge on any atom is 0.319 e. The van der Waals surface area contributed by atoms with E-state index in [0.717, 1.165) is 70.3 Å². The Kier molecular flexibility index (Phi) is 5.89. The van der Waals surface area contributed by atoms with E-state index in [0.29, 0.717) is 34.8 Å². The standard InChI is InChI=1S/C30H33ClF2N6O2/c31-22-11-19(40)10-20(23(22)17-2-3-17)25-24(33)26-21(13-34-25)27(38-8-5-29(6-9-38)15-35-29)37-28(36-26)41-16-30-4-1-7-39(30)14-18(32)12-30/h10-11,13,17-18,35,40H,1-9,12,14-16H2/t18-,30+/m1/s1. The van der Waals surface area contributed by atoms with Crippen molar-refractivity contribution >= 4 is 28.3 Å². The third kappa shape index (κ3) is 4.41. The average molecular weight is 583 g/mol. The van der Waals surface area contributed by atoms with Crippen LogP contribution in [0.5, 0.6) is 11.8 Å². The van der Waals surface area contributed by atoms with Crippen LogP contribution >= 0.6 is 11.6 Å². The van der Waals surface area contributed by atoms with Crippen molar-refractivity contribution in [3.05, 3.63) is 34.7 Å². The number of hydrogen-bond donors (Lipinski definition) is 2. The summed E-state index contributed by atoms with van der Waals surface area (Å²) in [6.07, 6.45) is 6.92. The van der Waals surface area contributed by atoms with Crippen LogP contribution in [-0.2, 0) is 0 Å². The predicted octanol–water partition coefficient (Wildman–Crippen LogP) is 4.96. The van der Waals surface area contributed by atoms with Gasteiger partial charge in [0.1, 0.15) is 35.6 Å². The molecule has 11 heteroatoms. The first-order chi connectivity index (χ1) is 19.8. The van der Waals surface area contributed by atoms with E-state index in [-0.39, 0.29) is 46.6 Å². The third-order valence-electron chi connectivity index (χ3n) is 9.93. The fourth-order valence-corrected chi connectivity index (χ4v) is 7.74. The zero-order valence-corrected chi connectivity index (χ0v) is 23.6. The minimum atomic E-state index is -0.871. The number of aromatic nitrogens is 3. The van der Waals surface area contributed by atoms with Crippen LogP contribution in [0.15, 0.2) is 18.3 Å². The van der Waals surface area contributed by atoms with Gasteiger partial charge in [-0.15, -0.1) is 0 Å². The van der Waals surface area contributed by atoms with Gasteiger partial charge in [-0.1, -0.05) is 11.6 Å². The van der Waals surface area contributed by atoms with Gasteiger partial charge in [-0.3, -0.25) is 9.88 Å². The number of phenolic OH excluding ortho intramolecular Hbond substituents is 1. The van der Waals surface area contributed by atoms with Gasteiger partial charge in [0.05, 0.1) is 10.9 Å². The van der Waals surface area contributed by atoms with E-state index >= 15 is 4.39 Å². The molecule has 0 bridgehead atoms. The Labute approximate surface area is 242 Å². The van der Waals surface area contributed by atoms with Gasteiger partial charge in [-0.05, 0) is 68.7 Å². The van der Waals surface area contributed by atoms with E-state index in [4.69, 9.17) is 21.3 Å². The number of phenols is 1. The molecule has 1 spiro atoms. The van der Waals surface area contributed by atoms with E-state index in [9.17, 15) is 9.50 Å².